The molecule has 0 atom stereocenters. The molecule has 2 N–H and O–H groups in total. The standard InChI is InChI=1S/C14H17NO3/c1-3-5-11(4-2)10-18-15-14(17)12-6-8-13(16)9-7-12/h3-9,16H,10H2,1-2H3,(H,15,17)/b5-3-,11-4+. The van der Waals surface area contributed by atoms with E-state index in [1.807, 2.05) is 32.1 Å². The quantitative estimate of drug-likeness (QED) is 0.621. The van der Waals surface area contributed by atoms with Gasteiger partial charge in [-0.25, -0.2) is 5.48 Å². The minimum Gasteiger partial charge on any atom is -0.508 e. The lowest BCUT2D eigenvalue weighted by molar-refractivity contribution is 0.0405. The summed E-state index contributed by atoms with van der Waals surface area (Å²) in [6.07, 6.45) is 5.72. The van der Waals surface area contributed by atoms with Gasteiger partial charge < -0.3 is 5.11 Å². The number of aromatic hydroxyl groups is 1. The van der Waals surface area contributed by atoms with Crippen LogP contribution in [0, 0.1) is 0 Å². The molecule has 0 heterocycles. The topological polar surface area (TPSA) is 58.6 Å². The van der Waals surface area contributed by atoms with Gasteiger partial charge in [0.25, 0.3) is 5.91 Å². The van der Waals surface area contributed by atoms with Crippen molar-refractivity contribution in [3.8, 4) is 5.75 Å². The van der Waals surface area contributed by atoms with Crippen LogP contribution in [0.5, 0.6) is 5.75 Å². The molecule has 0 saturated carbocycles. The number of phenols is 1. The first-order chi connectivity index (χ1) is 8.67. The maximum Gasteiger partial charge on any atom is 0.274 e. The molecule has 0 fully saturated rings. The average Bonchev–Trinajstić information content (AvgIpc) is 2.38. The van der Waals surface area contributed by atoms with E-state index in [9.17, 15) is 4.79 Å². The smallest absolute Gasteiger partial charge is 0.274 e. The first-order valence-corrected chi connectivity index (χ1v) is 5.66. The third-order valence-corrected chi connectivity index (χ3v) is 2.28. The summed E-state index contributed by atoms with van der Waals surface area (Å²) in [5.41, 5.74) is 3.75. The van der Waals surface area contributed by atoms with Crippen LogP contribution in [-0.2, 0) is 4.84 Å². The number of hydroxylamine groups is 1. The third-order valence-electron chi connectivity index (χ3n) is 2.28. The van der Waals surface area contributed by atoms with Crippen molar-refractivity contribution in [1.82, 2.24) is 5.48 Å². The highest BCUT2D eigenvalue weighted by Crippen LogP contribution is 2.09. The van der Waals surface area contributed by atoms with Crippen molar-refractivity contribution in [2.24, 2.45) is 0 Å². The molecule has 1 rings (SSSR count). The van der Waals surface area contributed by atoms with E-state index in [2.05, 4.69) is 5.48 Å². The zero-order chi connectivity index (χ0) is 13.4. The first kappa shape index (κ1) is 14.0. The zero-order valence-corrected chi connectivity index (χ0v) is 10.5. The molecule has 18 heavy (non-hydrogen) atoms. The Kier molecular flexibility index (Phi) is 5.67. The summed E-state index contributed by atoms with van der Waals surface area (Å²) in [7, 11) is 0. The van der Waals surface area contributed by atoms with Crippen LogP contribution < -0.4 is 5.48 Å². The van der Waals surface area contributed by atoms with Gasteiger partial charge in [0, 0.05) is 5.56 Å². The molecule has 96 valence electrons. The lowest BCUT2D eigenvalue weighted by Gasteiger charge is -2.06. The largest absolute Gasteiger partial charge is 0.508 e. The molecule has 4 nitrogen and oxygen atoms in total. The molecule has 0 aliphatic rings. The molecular formula is C14H17NO3. The number of benzene rings is 1. The number of allylic oxidation sites excluding steroid dienone is 2. The van der Waals surface area contributed by atoms with E-state index < -0.39 is 0 Å². The summed E-state index contributed by atoms with van der Waals surface area (Å²) >= 11 is 0. The summed E-state index contributed by atoms with van der Waals surface area (Å²) in [5, 5.41) is 9.10. The minimum atomic E-state index is -0.342. The van der Waals surface area contributed by atoms with Gasteiger partial charge in [-0.2, -0.15) is 0 Å². The molecule has 0 unspecified atom stereocenters. The summed E-state index contributed by atoms with van der Waals surface area (Å²) in [4.78, 5) is 16.7. The molecule has 0 saturated heterocycles. The summed E-state index contributed by atoms with van der Waals surface area (Å²) < 4.78 is 0. The van der Waals surface area contributed by atoms with Crippen molar-refractivity contribution in [3.05, 3.63) is 53.6 Å². The second-order valence-corrected chi connectivity index (χ2v) is 3.63. The molecule has 1 aromatic carbocycles. The molecule has 0 bridgehead atoms. The summed E-state index contributed by atoms with van der Waals surface area (Å²) in [6.45, 7) is 4.13. The third kappa shape index (κ3) is 4.43. The molecular weight excluding hydrogens is 230 g/mol. The highest BCUT2D eigenvalue weighted by molar-refractivity contribution is 5.93. The molecule has 0 spiro atoms. The fourth-order valence-corrected chi connectivity index (χ4v) is 1.30. The van der Waals surface area contributed by atoms with Gasteiger partial charge in [-0.3, -0.25) is 9.63 Å². The lowest BCUT2D eigenvalue weighted by Crippen LogP contribution is -2.24. The Morgan fingerprint density at radius 3 is 2.56 bits per heavy atom. The van der Waals surface area contributed by atoms with Crippen LogP contribution in [0.25, 0.3) is 0 Å². The van der Waals surface area contributed by atoms with Gasteiger partial charge >= 0.3 is 0 Å². The number of phenolic OH excluding ortho intramolecular Hbond substituents is 1. The number of carbonyl (C=O) groups is 1. The Labute approximate surface area is 107 Å². The van der Waals surface area contributed by atoms with Crippen molar-refractivity contribution in [2.75, 3.05) is 6.61 Å². The van der Waals surface area contributed by atoms with E-state index in [4.69, 9.17) is 9.94 Å². The van der Waals surface area contributed by atoms with Crippen LogP contribution in [0.15, 0.2) is 48.1 Å². The van der Waals surface area contributed by atoms with Crippen LogP contribution in [0.1, 0.15) is 24.2 Å². The fraction of sp³-hybridized carbons (Fsp3) is 0.214. The van der Waals surface area contributed by atoms with E-state index in [0.717, 1.165) is 5.57 Å². The molecule has 1 aromatic rings. The Morgan fingerprint density at radius 1 is 1.33 bits per heavy atom. The number of rotatable bonds is 5. The van der Waals surface area contributed by atoms with Crippen LogP contribution in [0.3, 0.4) is 0 Å². The molecule has 0 aromatic heterocycles. The number of hydrogen-bond donors (Lipinski definition) is 2. The average molecular weight is 247 g/mol. The zero-order valence-electron chi connectivity index (χ0n) is 10.5. The number of amides is 1. The fourth-order valence-electron chi connectivity index (χ4n) is 1.30. The van der Waals surface area contributed by atoms with Crippen LogP contribution in [-0.4, -0.2) is 17.6 Å². The van der Waals surface area contributed by atoms with Crippen LogP contribution in [0.2, 0.25) is 0 Å². The van der Waals surface area contributed by atoms with Crippen molar-refractivity contribution in [1.29, 1.82) is 0 Å². The molecule has 1 amide bonds. The highest BCUT2D eigenvalue weighted by atomic mass is 16.6. The predicted octanol–water partition coefficient (Wildman–Crippen LogP) is 2.58. The van der Waals surface area contributed by atoms with Gasteiger partial charge in [0.15, 0.2) is 0 Å². The van der Waals surface area contributed by atoms with Gasteiger partial charge in [0.1, 0.15) is 5.75 Å². The van der Waals surface area contributed by atoms with E-state index in [-0.39, 0.29) is 11.7 Å². The maximum absolute atomic E-state index is 11.6. The first-order valence-electron chi connectivity index (χ1n) is 5.66. The van der Waals surface area contributed by atoms with E-state index in [1.54, 1.807) is 0 Å². The second-order valence-electron chi connectivity index (χ2n) is 3.63. The van der Waals surface area contributed by atoms with Crippen molar-refractivity contribution >= 4 is 5.91 Å². The van der Waals surface area contributed by atoms with Gasteiger partial charge in [0.2, 0.25) is 0 Å². The summed E-state index contributed by atoms with van der Waals surface area (Å²) in [6, 6.07) is 5.95. The number of hydrogen-bond acceptors (Lipinski definition) is 3. The lowest BCUT2D eigenvalue weighted by atomic mass is 10.2. The molecule has 0 radical (unpaired) electrons. The highest BCUT2D eigenvalue weighted by Gasteiger charge is 2.04. The van der Waals surface area contributed by atoms with Gasteiger partial charge in [-0.15, -0.1) is 0 Å². The number of carbonyl (C=O) groups excluding carboxylic acids is 1. The van der Waals surface area contributed by atoms with Crippen LogP contribution >= 0.6 is 0 Å². The van der Waals surface area contributed by atoms with Crippen molar-refractivity contribution < 1.29 is 14.7 Å². The monoisotopic (exact) mass is 247 g/mol. The van der Waals surface area contributed by atoms with Gasteiger partial charge in [0.05, 0.1) is 6.61 Å². The molecule has 4 heteroatoms. The SMILES string of the molecule is C/C=C\C(=C/C)CONC(=O)c1ccc(O)cc1. The van der Waals surface area contributed by atoms with Crippen molar-refractivity contribution in [3.63, 3.8) is 0 Å². The van der Waals surface area contributed by atoms with E-state index in [0.29, 0.717) is 12.2 Å². The Morgan fingerprint density at radius 2 is 2.00 bits per heavy atom. The van der Waals surface area contributed by atoms with Crippen LogP contribution in [0.4, 0.5) is 0 Å². The molecule has 0 aliphatic carbocycles. The maximum atomic E-state index is 11.6. The van der Waals surface area contributed by atoms with E-state index >= 15 is 0 Å². The molecule has 0 aliphatic heterocycles. The predicted molar refractivity (Wildman–Crippen MR) is 70.1 cm³/mol. The minimum absolute atomic E-state index is 0.122. The van der Waals surface area contributed by atoms with Crippen molar-refractivity contribution in [2.45, 2.75) is 13.8 Å². The normalized spacial score (nSPS) is 11.8. The Balaban J connectivity index is 2.44. The number of nitrogens with one attached hydrogen (secondary N) is 1. The Hall–Kier alpha value is -2.07. The summed E-state index contributed by atoms with van der Waals surface area (Å²) in [5.74, 6) is -0.220. The van der Waals surface area contributed by atoms with E-state index in [1.165, 1.54) is 24.3 Å². The van der Waals surface area contributed by atoms with Gasteiger partial charge in [-0.1, -0.05) is 18.2 Å². The second kappa shape index (κ2) is 7.29. The van der Waals surface area contributed by atoms with Gasteiger partial charge in [-0.05, 0) is 43.7 Å². The Bertz CT molecular complexity index is 447.